The molecule has 0 spiro atoms. The van der Waals surface area contributed by atoms with E-state index in [1.807, 2.05) is 44.2 Å². The summed E-state index contributed by atoms with van der Waals surface area (Å²) >= 11 is 7.54. The molecule has 9 heteroatoms. The van der Waals surface area contributed by atoms with Crippen molar-refractivity contribution in [3.8, 4) is 5.75 Å². The number of benzene rings is 4. The molecule has 3 amide bonds. The summed E-state index contributed by atoms with van der Waals surface area (Å²) in [4.78, 5) is 40.2. The van der Waals surface area contributed by atoms with E-state index in [0.717, 1.165) is 10.5 Å². The summed E-state index contributed by atoms with van der Waals surface area (Å²) in [6.45, 7) is 5.98. The van der Waals surface area contributed by atoms with E-state index in [1.165, 1.54) is 11.8 Å². The van der Waals surface area contributed by atoms with Crippen molar-refractivity contribution in [3.63, 3.8) is 0 Å². The lowest BCUT2D eigenvalue weighted by molar-refractivity contribution is -0.115. The van der Waals surface area contributed by atoms with Gasteiger partial charge in [-0.25, -0.2) is 0 Å². The largest absolute Gasteiger partial charge is 0.493 e. The highest BCUT2D eigenvalue weighted by Crippen LogP contribution is 2.29. The van der Waals surface area contributed by atoms with Crippen LogP contribution >= 0.6 is 23.4 Å². The number of rotatable bonds is 11. The van der Waals surface area contributed by atoms with E-state index in [9.17, 15) is 14.4 Å². The number of hydrogen-bond acceptors (Lipinski definition) is 5. The molecule has 1 unspecified atom stereocenters. The number of hydrogen-bond donors (Lipinski definition) is 3. The monoisotopic (exact) mass is 613 g/mol. The molecule has 4 rings (SSSR count). The van der Waals surface area contributed by atoms with E-state index in [4.69, 9.17) is 16.3 Å². The first-order valence-corrected chi connectivity index (χ1v) is 14.9. The predicted molar refractivity (Wildman–Crippen MR) is 175 cm³/mol. The Labute approximate surface area is 260 Å². The second-order valence-electron chi connectivity index (χ2n) is 9.49. The lowest BCUT2D eigenvalue weighted by atomic mass is 10.1. The van der Waals surface area contributed by atoms with Gasteiger partial charge in [-0.15, -0.1) is 11.8 Å². The fraction of sp³-hybridized carbons (Fsp3) is 0.147. The standard InChI is InChI=1S/C34H32ClN3O4S/c1-4-42-31-19-9-8-14-25(31)20-30(38-33(40)24-12-6-5-7-13-24)34(41)36-26-15-10-16-27(21-26)43-23(3)32(39)37-29-18-11-17-28(35)22(29)2/h5-21,23H,4H2,1-3H3,(H,36,41)(H,37,39)(H,38,40)/b30-20+. The lowest BCUT2D eigenvalue weighted by Gasteiger charge is -2.15. The van der Waals surface area contributed by atoms with Crippen molar-refractivity contribution < 1.29 is 19.1 Å². The topological polar surface area (TPSA) is 96.5 Å². The highest BCUT2D eigenvalue weighted by atomic mass is 35.5. The summed E-state index contributed by atoms with van der Waals surface area (Å²) in [5.74, 6) is -0.524. The maximum Gasteiger partial charge on any atom is 0.272 e. The van der Waals surface area contributed by atoms with Gasteiger partial charge in [-0.3, -0.25) is 14.4 Å². The molecule has 0 fully saturated rings. The Morgan fingerprint density at radius 3 is 2.40 bits per heavy atom. The zero-order chi connectivity index (χ0) is 30.8. The maximum absolute atomic E-state index is 13.5. The third-order valence-corrected chi connectivity index (χ3v) is 7.85. The van der Waals surface area contributed by atoms with Crippen LogP contribution in [0.1, 0.15) is 35.3 Å². The van der Waals surface area contributed by atoms with Gasteiger partial charge in [0.05, 0.1) is 11.9 Å². The summed E-state index contributed by atoms with van der Waals surface area (Å²) in [6.07, 6.45) is 1.59. The van der Waals surface area contributed by atoms with Gasteiger partial charge in [0.1, 0.15) is 11.4 Å². The molecule has 3 N–H and O–H groups in total. The van der Waals surface area contributed by atoms with Crippen LogP contribution in [0.3, 0.4) is 0 Å². The molecule has 0 saturated heterocycles. The molecular weight excluding hydrogens is 582 g/mol. The number of carbonyl (C=O) groups excluding carboxylic acids is 3. The van der Waals surface area contributed by atoms with Crippen molar-refractivity contribution in [1.29, 1.82) is 0 Å². The summed E-state index contributed by atoms with van der Waals surface area (Å²) in [5, 5.41) is 8.71. The summed E-state index contributed by atoms with van der Waals surface area (Å²) in [5.41, 5.74) is 3.06. The van der Waals surface area contributed by atoms with Crippen molar-refractivity contribution in [2.24, 2.45) is 0 Å². The van der Waals surface area contributed by atoms with Gasteiger partial charge in [0.2, 0.25) is 5.91 Å². The molecule has 4 aromatic carbocycles. The fourth-order valence-electron chi connectivity index (χ4n) is 4.07. The van der Waals surface area contributed by atoms with Gasteiger partial charge in [-0.1, -0.05) is 60.1 Å². The van der Waals surface area contributed by atoms with Crippen molar-refractivity contribution in [3.05, 3.63) is 124 Å². The minimum absolute atomic E-state index is 0.0451. The predicted octanol–water partition coefficient (Wildman–Crippen LogP) is 7.58. The summed E-state index contributed by atoms with van der Waals surface area (Å²) < 4.78 is 5.72. The normalized spacial score (nSPS) is 11.8. The fourth-order valence-corrected chi connectivity index (χ4v) is 5.17. The number of anilines is 2. The van der Waals surface area contributed by atoms with Gasteiger partial charge in [-0.05, 0) is 80.9 Å². The number of carbonyl (C=O) groups is 3. The molecule has 0 aliphatic carbocycles. The molecule has 220 valence electrons. The van der Waals surface area contributed by atoms with Crippen molar-refractivity contribution in [2.75, 3.05) is 17.2 Å². The van der Waals surface area contributed by atoms with Crippen molar-refractivity contribution in [1.82, 2.24) is 5.32 Å². The molecule has 0 aliphatic heterocycles. The SMILES string of the molecule is CCOc1ccccc1/C=C(/NC(=O)c1ccccc1)C(=O)Nc1cccc(SC(C)C(=O)Nc2cccc(Cl)c2C)c1. The van der Waals surface area contributed by atoms with Crippen LogP contribution in [-0.2, 0) is 9.59 Å². The third-order valence-electron chi connectivity index (χ3n) is 6.35. The molecule has 1 atom stereocenters. The second-order valence-corrected chi connectivity index (χ2v) is 11.3. The molecule has 43 heavy (non-hydrogen) atoms. The van der Waals surface area contributed by atoms with Crippen LogP contribution in [0, 0.1) is 6.92 Å². The van der Waals surface area contributed by atoms with Gasteiger partial charge < -0.3 is 20.7 Å². The Kier molecular flexibility index (Phi) is 11.0. The van der Waals surface area contributed by atoms with Crippen LogP contribution in [-0.4, -0.2) is 29.6 Å². The first kappa shape index (κ1) is 31.4. The van der Waals surface area contributed by atoms with Gasteiger partial charge in [0, 0.05) is 32.4 Å². The number of amides is 3. The molecular formula is C34H32ClN3O4S. The van der Waals surface area contributed by atoms with E-state index in [-0.39, 0.29) is 11.6 Å². The zero-order valence-corrected chi connectivity index (χ0v) is 25.6. The van der Waals surface area contributed by atoms with E-state index in [1.54, 1.807) is 79.7 Å². The Hall–Kier alpha value is -4.53. The van der Waals surface area contributed by atoms with Gasteiger partial charge in [0.15, 0.2) is 0 Å². The number of ether oxygens (including phenoxy) is 1. The zero-order valence-electron chi connectivity index (χ0n) is 24.0. The van der Waals surface area contributed by atoms with E-state index in [2.05, 4.69) is 16.0 Å². The molecule has 7 nitrogen and oxygen atoms in total. The van der Waals surface area contributed by atoms with Crippen molar-refractivity contribution >= 4 is 58.5 Å². The molecule has 0 radical (unpaired) electrons. The quantitative estimate of drug-likeness (QED) is 0.120. The second kappa shape index (κ2) is 15.1. The Bertz CT molecular complexity index is 1640. The number of thioether (sulfide) groups is 1. The van der Waals surface area contributed by atoms with Crippen LogP contribution in [0.4, 0.5) is 11.4 Å². The van der Waals surface area contributed by atoms with Crippen LogP contribution in [0.2, 0.25) is 5.02 Å². The first-order valence-electron chi connectivity index (χ1n) is 13.7. The molecule has 0 bridgehead atoms. The average Bonchev–Trinajstić information content (AvgIpc) is 3.00. The van der Waals surface area contributed by atoms with Crippen LogP contribution in [0.5, 0.6) is 5.75 Å². The Balaban J connectivity index is 1.52. The van der Waals surface area contributed by atoms with Gasteiger partial charge in [-0.2, -0.15) is 0 Å². The van der Waals surface area contributed by atoms with Crippen molar-refractivity contribution in [2.45, 2.75) is 30.9 Å². The number of para-hydroxylation sites is 1. The van der Waals surface area contributed by atoms with E-state index < -0.39 is 17.1 Å². The molecule has 0 saturated carbocycles. The number of nitrogens with one attached hydrogen (secondary N) is 3. The average molecular weight is 614 g/mol. The summed E-state index contributed by atoms with van der Waals surface area (Å²) in [6, 6.07) is 28.5. The van der Waals surface area contributed by atoms with E-state index in [0.29, 0.717) is 39.9 Å². The van der Waals surface area contributed by atoms with E-state index >= 15 is 0 Å². The molecule has 0 aromatic heterocycles. The maximum atomic E-state index is 13.5. The van der Waals surface area contributed by atoms with Crippen LogP contribution in [0.25, 0.3) is 6.08 Å². The van der Waals surface area contributed by atoms with Gasteiger partial charge >= 0.3 is 0 Å². The minimum atomic E-state index is -0.514. The highest BCUT2D eigenvalue weighted by Gasteiger charge is 2.18. The Morgan fingerprint density at radius 1 is 0.907 bits per heavy atom. The third kappa shape index (κ3) is 8.73. The number of halogens is 1. The van der Waals surface area contributed by atoms with Crippen LogP contribution in [0.15, 0.2) is 108 Å². The van der Waals surface area contributed by atoms with Gasteiger partial charge in [0.25, 0.3) is 11.8 Å². The molecule has 0 heterocycles. The van der Waals surface area contributed by atoms with Crippen LogP contribution < -0.4 is 20.7 Å². The summed E-state index contributed by atoms with van der Waals surface area (Å²) in [7, 11) is 0. The minimum Gasteiger partial charge on any atom is -0.493 e. The lowest BCUT2D eigenvalue weighted by Crippen LogP contribution is -2.30. The first-order chi connectivity index (χ1) is 20.7. The smallest absolute Gasteiger partial charge is 0.272 e. The molecule has 4 aromatic rings. The molecule has 0 aliphatic rings. The Morgan fingerprint density at radius 2 is 1.63 bits per heavy atom. The highest BCUT2D eigenvalue weighted by molar-refractivity contribution is 8.00.